The third-order valence-corrected chi connectivity index (χ3v) is 2.90. The van der Waals surface area contributed by atoms with Crippen molar-refractivity contribution in [1.29, 1.82) is 5.26 Å². The van der Waals surface area contributed by atoms with E-state index in [9.17, 15) is 4.79 Å². The number of nitrogens with zero attached hydrogens (tertiary/aromatic N) is 1. The minimum Gasteiger partial charge on any atom is -0.346 e. The standard InChI is InChI=1S/C16H14N2O/c1-12(14-7-3-2-4-8-14)18-16(19)15-9-5-6-13(10-15)11-17/h2-10,12H,1H3,(H,18,19). The second-order valence-corrected chi connectivity index (χ2v) is 4.30. The summed E-state index contributed by atoms with van der Waals surface area (Å²) in [4.78, 5) is 12.1. The molecule has 0 aliphatic rings. The fourth-order valence-corrected chi connectivity index (χ4v) is 1.84. The van der Waals surface area contributed by atoms with Crippen molar-refractivity contribution in [3.8, 4) is 6.07 Å². The van der Waals surface area contributed by atoms with Gasteiger partial charge in [-0.15, -0.1) is 0 Å². The number of hydrogen-bond acceptors (Lipinski definition) is 2. The first-order valence-corrected chi connectivity index (χ1v) is 6.06. The van der Waals surface area contributed by atoms with Crippen molar-refractivity contribution < 1.29 is 4.79 Å². The lowest BCUT2D eigenvalue weighted by Crippen LogP contribution is -2.26. The molecule has 0 spiro atoms. The van der Waals surface area contributed by atoms with Crippen LogP contribution in [0.1, 0.15) is 34.5 Å². The van der Waals surface area contributed by atoms with Crippen LogP contribution in [0.3, 0.4) is 0 Å². The molecule has 0 fully saturated rings. The number of hydrogen-bond donors (Lipinski definition) is 1. The number of benzene rings is 2. The fourth-order valence-electron chi connectivity index (χ4n) is 1.84. The molecule has 2 aromatic rings. The molecule has 1 amide bonds. The van der Waals surface area contributed by atoms with Gasteiger partial charge >= 0.3 is 0 Å². The first-order valence-electron chi connectivity index (χ1n) is 6.06. The molecule has 0 radical (unpaired) electrons. The van der Waals surface area contributed by atoms with Crippen molar-refractivity contribution in [2.75, 3.05) is 0 Å². The monoisotopic (exact) mass is 250 g/mol. The van der Waals surface area contributed by atoms with Crippen molar-refractivity contribution in [3.63, 3.8) is 0 Å². The molecule has 1 N–H and O–H groups in total. The largest absolute Gasteiger partial charge is 0.346 e. The molecule has 3 heteroatoms. The van der Waals surface area contributed by atoms with Crippen LogP contribution in [-0.4, -0.2) is 5.91 Å². The van der Waals surface area contributed by atoms with E-state index in [4.69, 9.17) is 5.26 Å². The van der Waals surface area contributed by atoms with Gasteiger partial charge in [0.1, 0.15) is 0 Å². The van der Waals surface area contributed by atoms with Crippen molar-refractivity contribution in [2.24, 2.45) is 0 Å². The maximum absolute atomic E-state index is 12.1. The molecular formula is C16H14N2O. The van der Waals surface area contributed by atoms with E-state index >= 15 is 0 Å². The van der Waals surface area contributed by atoms with Gasteiger partial charge in [-0.2, -0.15) is 5.26 Å². The van der Waals surface area contributed by atoms with Gasteiger partial charge in [0.15, 0.2) is 0 Å². The minimum atomic E-state index is -0.173. The molecular weight excluding hydrogens is 236 g/mol. The summed E-state index contributed by atoms with van der Waals surface area (Å²) >= 11 is 0. The van der Waals surface area contributed by atoms with Crippen LogP contribution >= 0.6 is 0 Å². The highest BCUT2D eigenvalue weighted by Crippen LogP contribution is 2.12. The van der Waals surface area contributed by atoms with E-state index < -0.39 is 0 Å². The number of nitriles is 1. The zero-order valence-corrected chi connectivity index (χ0v) is 10.6. The highest BCUT2D eigenvalue weighted by molar-refractivity contribution is 5.94. The lowest BCUT2D eigenvalue weighted by Gasteiger charge is -2.14. The van der Waals surface area contributed by atoms with E-state index in [1.807, 2.05) is 43.3 Å². The van der Waals surface area contributed by atoms with Gasteiger partial charge in [0.25, 0.3) is 5.91 Å². The third-order valence-electron chi connectivity index (χ3n) is 2.90. The van der Waals surface area contributed by atoms with Crippen molar-refractivity contribution in [2.45, 2.75) is 13.0 Å². The van der Waals surface area contributed by atoms with Crippen LogP contribution in [0.2, 0.25) is 0 Å². The van der Waals surface area contributed by atoms with Gasteiger partial charge in [0, 0.05) is 5.56 Å². The summed E-state index contributed by atoms with van der Waals surface area (Å²) in [5.74, 6) is -0.173. The van der Waals surface area contributed by atoms with Gasteiger partial charge in [0.2, 0.25) is 0 Å². The van der Waals surface area contributed by atoms with Crippen LogP contribution in [-0.2, 0) is 0 Å². The van der Waals surface area contributed by atoms with Gasteiger partial charge in [0.05, 0.1) is 17.7 Å². The molecule has 2 rings (SSSR count). The minimum absolute atomic E-state index is 0.0700. The Kier molecular flexibility index (Phi) is 3.94. The summed E-state index contributed by atoms with van der Waals surface area (Å²) < 4.78 is 0. The third kappa shape index (κ3) is 3.20. The fraction of sp³-hybridized carbons (Fsp3) is 0.125. The smallest absolute Gasteiger partial charge is 0.251 e. The molecule has 0 aliphatic heterocycles. The van der Waals surface area contributed by atoms with Gasteiger partial charge < -0.3 is 5.32 Å². The Labute approximate surface area is 112 Å². The molecule has 19 heavy (non-hydrogen) atoms. The average Bonchev–Trinajstić information content (AvgIpc) is 2.48. The maximum atomic E-state index is 12.1. The Morgan fingerprint density at radius 2 is 1.89 bits per heavy atom. The van der Waals surface area contributed by atoms with Crippen LogP contribution in [0.15, 0.2) is 54.6 Å². The summed E-state index contributed by atoms with van der Waals surface area (Å²) in [5, 5.41) is 11.7. The van der Waals surface area contributed by atoms with Crippen LogP contribution in [0.4, 0.5) is 0 Å². The van der Waals surface area contributed by atoms with Crippen LogP contribution in [0.25, 0.3) is 0 Å². The topological polar surface area (TPSA) is 52.9 Å². The van der Waals surface area contributed by atoms with Crippen molar-refractivity contribution >= 4 is 5.91 Å². The highest BCUT2D eigenvalue weighted by atomic mass is 16.1. The van der Waals surface area contributed by atoms with Gasteiger partial charge in [-0.1, -0.05) is 36.4 Å². The molecule has 0 saturated carbocycles. The predicted octanol–water partition coefficient (Wildman–Crippen LogP) is 3.05. The predicted molar refractivity (Wildman–Crippen MR) is 73.5 cm³/mol. The first-order chi connectivity index (χ1) is 9.20. The van der Waals surface area contributed by atoms with E-state index in [-0.39, 0.29) is 11.9 Å². The van der Waals surface area contributed by atoms with Crippen LogP contribution < -0.4 is 5.32 Å². The first kappa shape index (κ1) is 12.8. The summed E-state index contributed by atoms with van der Waals surface area (Å²) in [6, 6.07) is 18.4. The van der Waals surface area contributed by atoms with E-state index in [1.54, 1.807) is 24.3 Å². The van der Waals surface area contributed by atoms with Gasteiger partial charge in [-0.05, 0) is 30.7 Å². The molecule has 0 bridgehead atoms. The van der Waals surface area contributed by atoms with E-state index in [1.165, 1.54) is 0 Å². The average molecular weight is 250 g/mol. The summed E-state index contributed by atoms with van der Waals surface area (Å²) in [7, 11) is 0. The second-order valence-electron chi connectivity index (χ2n) is 4.30. The molecule has 0 aromatic heterocycles. The molecule has 1 atom stereocenters. The zero-order chi connectivity index (χ0) is 13.7. The molecule has 1 unspecified atom stereocenters. The summed E-state index contributed by atoms with van der Waals surface area (Å²) in [6.45, 7) is 1.93. The van der Waals surface area contributed by atoms with Crippen molar-refractivity contribution in [1.82, 2.24) is 5.32 Å². The van der Waals surface area contributed by atoms with Crippen molar-refractivity contribution in [3.05, 3.63) is 71.3 Å². The molecule has 0 heterocycles. The molecule has 2 aromatic carbocycles. The van der Waals surface area contributed by atoms with E-state index in [0.717, 1.165) is 5.56 Å². The number of amides is 1. The van der Waals surface area contributed by atoms with Gasteiger partial charge in [-0.25, -0.2) is 0 Å². The number of carbonyl (C=O) groups is 1. The Morgan fingerprint density at radius 1 is 1.16 bits per heavy atom. The van der Waals surface area contributed by atoms with E-state index in [0.29, 0.717) is 11.1 Å². The lowest BCUT2D eigenvalue weighted by atomic mass is 10.1. The highest BCUT2D eigenvalue weighted by Gasteiger charge is 2.11. The second kappa shape index (κ2) is 5.83. The number of nitrogens with one attached hydrogen (secondary N) is 1. The number of carbonyl (C=O) groups excluding carboxylic acids is 1. The Balaban J connectivity index is 2.11. The molecule has 3 nitrogen and oxygen atoms in total. The molecule has 94 valence electrons. The Morgan fingerprint density at radius 3 is 2.58 bits per heavy atom. The lowest BCUT2D eigenvalue weighted by molar-refractivity contribution is 0.0940. The molecule has 0 saturated heterocycles. The Hall–Kier alpha value is -2.60. The maximum Gasteiger partial charge on any atom is 0.251 e. The van der Waals surface area contributed by atoms with E-state index in [2.05, 4.69) is 5.32 Å². The van der Waals surface area contributed by atoms with Crippen LogP contribution in [0, 0.1) is 11.3 Å². The summed E-state index contributed by atoms with van der Waals surface area (Å²) in [6.07, 6.45) is 0. The quantitative estimate of drug-likeness (QED) is 0.910. The van der Waals surface area contributed by atoms with Gasteiger partial charge in [-0.3, -0.25) is 4.79 Å². The SMILES string of the molecule is CC(NC(=O)c1cccc(C#N)c1)c1ccccc1. The summed E-state index contributed by atoms with van der Waals surface area (Å²) in [5.41, 5.74) is 2.04. The zero-order valence-electron chi connectivity index (χ0n) is 10.6. The molecule has 0 aliphatic carbocycles. The normalized spacial score (nSPS) is 11.4. The Bertz CT molecular complexity index is 614. The number of rotatable bonds is 3. The van der Waals surface area contributed by atoms with Crippen LogP contribution in [0.5, 0.6) is 0 Å².